The first-order valence-corrected chi connectivity index (χ1v) is 12.6. The molecule has 3 aliphatic rings. The summed E-state index contributed by atoms with van der Waals surface area (Å²) in [7, 11) is 0. The smallest absolute Gasteiger partial charge is 0.250 e. The fraction of sp³-hybridized carbons (Fsp3) is 0.556. The number of piperazine rings is 1. The Morgan fingerprint density at radius 2 is 1.73 bits per heavy atom. The van der Waals surface area contributed by atoms with Gasteiger partial charge in [-0.1, -0.05) is 24.6 Å². The Morgan fingerprint density at radius 3 is 2.42 bits per heavy atom. The molecular weight excluding hydrogens is 412 g/mol. The maximum atomic E-state index is 12.9. The van der Waals surface area contributed by atoms with Gasteiger partial charge in [0.1, 0.15) is 0 Å². The highest BCUT2D eigenvalue weighted by atomic mass is 16.2. The lowest BCUT2D eigenvalue weighted by Crippen LogP contribution is -2.55. The summed E-state index contributed by atoms with van der Waals surface area (Å²) >= 11 is 0. The van der Waals surface area contributed by atoms with Crippen LogP contribution in [0, 0.1) is 0 Å². The van der Waals surface area contributed by atoms with Crippen molar-refractivity contribution in [1.29, 1.82) is 0 Å². The van der Waals surface area contributed by atoms with Gasteiger partial charge < -0.3 is 9.47 Å². The summed E-state index contributed by atoms with van der Waals surface area (Å²) in [5.41, 5.74) is 4.93. The van der Waals surface area contributed by atoms with Crippen LogP contribution in [-0.4, -0.2) is 70.5 Å². The Labute approximate surface area is 196 Å². The molecule has 0 radical (unpaired) electrons. The zero-order chi connectivity index (χ0) is 22.9. The van der Waals surface area contributed by atoms with Crippen LogP contribution in [0.25, 0.3) is 11.1 Å². The summed E-state index contributed by atoms with van der Waals surface area (Å²) in [4.78, 5) is 32.0. The minimum absolute atomic E-state index is 0.0384. The summed E-state index contributed by atoms with van der Waals surface area (Å²) in [6.45, 7) is 10.1. The number of benzene rings is 1. The number of rotatable bonds is 5. The SMILES string of the molecule is CC(C)n1cc(-c2ccc3c(c2)CCN(CC(=O)N2CCN(C4CCC4)CC2)C3)ccc1=O. The first-order chi connectivity index (χ1) is 16.0. The van der Waals surface area contributed by atoms with E-state index in [0.717, 1.165) is 62.9 Å². The van der Waals surface area contributed by atoms with E-state index in [1.165, 1.54) is 30.4 Å². The predicted octanol–water partition coefficient (Wildman–Crippen LogP) is 3.15. The number of carbonyl (C=O) groups is 1. The Bertz CT molecular complexity index is 1060. The van der Waals surface area contributed by atoms with Crippen molar-refractivity contribution in [2.75, 3.05) is 39.3 Å². The van der Waals surface area contributed by atoms with Crippen LogP contribution in [0.5, 0.6) is 0 Å². The van der Waals surface area contributed by atoms with Crippen LogP contribution in [0.1, 0.15) is 50.3 Å². The molecule has 2 aromatic rings. The van der Waals surface area contributed by atoms with Crippen LogP contribution in [-0.2, 0) is 17.8 Å². The summed E-state index contributed by atoms with van der Waals surface area (Å²) in [5.74, 6) is 0.277. The van der Waals surface area contributed by atoms with Crippen molar-refractivity contribution < 1.29 is 4.79 Å². The van der Waals surface area contributed by atoms with E-state index in [9.17, 15) is 9.59 Å². The van der Waals surface area contributed by atoms with Gasteiger partial charge in [-0.2, -0.15) is 0 Å². The molecule has 1 aromatic heterocycles. The summed E-state index contributed by atoms with van der Waals surface area (Å²) < 4.78 is 1.79. The number of aromatic nitrogens is 1. The molecule has 1 amide bonds. The van der Waals surface area contributed by atoms with E-state index in [0.29, 0.717) is 6.54 Å². The van der Waals surface area contributed by atoms with Crippen LogP contribution in [0.15, 0.2) is 41.3 Å². The van der Waals surface area contributed by atoms with Crippen molar-refractivity contribution in [3.05, 3.63) is 58.0 Å². The van der Waals surface area contributed by atoms with Gasteiger partial charge in [-0.25, -0.2) is 0 Å². The molecule has 1 saturated carbocycles. The van der Waals surface area contributed by atoms with Gasteiger partial charge in [0, 0.05) is 63.6 Å². The Balaban J connectivity index is 1.20. The molecule has 176 valence electrons. The number of carbonyl (C=O) groups excluding carboxylic acids is 1. The second-order valence-corrected chi connectivity index (χ2v) is 10.2. The van der Waals surface area contributed by atoms with Crippen molar-refractivity contribution in [2.45, 2.75) is 58.2 Å². The van der Waals surface area contributed by atoms with Gasteiger partial charge >= 0.3 is 0 Å². The van der Waals surface area contributed by atoms with E-state index in [1.54, 1.807) is 10.6 Å². The topological polar surface area (TPSA) is 48.8 Å². The number of hydrogen-bond donors (Lipinski definition) is 0. The van der Waals surface area contributed by atoms with Crippen LogP contribution in [0.2, 0.25) is 0 Å². The van der Waals surface area contributed by atoms with E-state index in [4.69, 9.17) is 0 Å². The van der Waals surface area contributed by atoms with Gasteiger partial charge in [-0.05, 0) is 61.4 Å². The standard InChI is InChI=1S/C27H36N4O2/c1-20(2)31-18-24(8-9-26(31)32)21-6-7-23-17-28(11-10-22(23)16-21)19-27(33)30-14-12-29(13-15-30)25-4-3-5-25/h6-9,16,18,20,25H,3-5,10-15,17,19H2,1-2H3. The monoisotopic (exact) mass is 448 g/mol. The van der Waals surface area contributed by atoms with Crippen molar-refractivity contribution in [3.63, 3.8) is 0 Å². The maximum absolute atomic E-state index is 12.9. The lowest BCUT2D eigenvalue weighted by Gasteiger charge is -2.43. The molecule has 0 N–H and O–H groups in total. The molecular formula is C27H36N4O2. The average molecular weight is 449 g/mol. The third kappa shape index (κ3) is 4.78. The zero-order valence-corrected chi connectivity index (χ0v) is 20.0. The second kappa shape index (κ2) is 9.43. The van der Waals surface area contributed by atoms with Crippen LogP contribution in [0.4, 0.5) is 0 Å². The predicted molar refractivity (Wildman–Crippen MR) is 131 cm³/mol. The van der Waals surface area contributed by atoms with Crippen LogP contribution in [0.3, 0.4) is 0 Å². The average Bonchev–Trinajstić information content (AvgIpc) is 2.78. The van der Waals surface area contributed by atoms with Crippen molar-refractivity contribution in [1.82, 2.24) is 19.3 Å². The van der Waals surface area contributed by atoms with Crippen molar-refractivity contribution in [2.24, 2.45) is 0 Å². The molecule has 0 spiro atoms. The first kappa shape index (κ1) is 22.4. The van der Waals surface area contributed by atoms with Crippen molar-refractivity contribution in [3.8, 4) is 11.1 Å². The third-order valence-electron chi connectivity index (χ3n) is 7.74. The molecule has 1 aromatic carbocycles. The quantitative estimate of drug-likeness (QED) is 0.705. The lowest BCUT2D eigenvalue weighted by atomic mass is 9.91. The summed E-state index contributed by atoms with van der Waals surface area (Å²) in [6, 6.07) is 11.1. The van der Waals surface area contributed by atoms with E-state index < -0.39 is 0 Å². The number of pyridine rings is 1. The van der Waals surface area contributed by atoms with Gasteiger partial charge in [-0.3, -0.25) is 19.4 Å². The zero-order valence-electron chi connectivity index (χ0n) is 20.0. The fourth-order valence-electron chi connectivity index (χ4n) is 5.38. The van der Waals surface area contributed by atoms with Gasteiger partial charge in [0.05, 0.1) is 6.54 Å². The van der Waals surface area contributed by atoms with Gasteiger partial charge in [0.25, 0.3) is 5.56 Å². The van der Waals surface area contributed by atoms with E-state index in [-0.39, 0.29) is 17.5 Å². The molecule has 6 nitrogen and oxygen atoms in total. The molecule has 33 heavy (non-hydrogen) atoms. The largest absolute Gasteiger partial charge is 0.339 e. The molecule has 1 aliphatic carbocycles. The van der Waals surface area contributed by atoms with Crippen LogP contribution < -0.4 is 5.56 Å². The Hall–Kier alpha value is -2.44. The number of amides is 1. The lowest BCUT2D eigenvalue weighted by molar-refractivity contribution is -0.135. The highest BCUT2D eigenvalue weighted by molar-refractivity contribution is 5.78. The Morgan fingerprint density at radius 1 is 0.970 bits per heavy atom. The van der Waals surface area contributed by atoms with E-state index in [1.807, 2.05) is 26.1 Å². The third-order valence-corrected chi connectivity index (χ3v) is 7.74. The van der Waals surface area contributed by atoms with Gasteiger partial charge in [0.2, 0.25) is 5.91 Å². The van der Waals surface area contributed by atoms with Gasteiger partial charge in [0.15, 0.2) is 0 Å². The van der Waals surface area contributed by atoms with Crippen LogP contribution >= 0.6 is 0 Å². The molecule has 0 unspecified atom stereocenters. The van der Waals surface area contributed by atoms with Gasteiger partial charge in [-0.15, -0.1) is 0 Å². The summed E-state index contributed by atoms with van der Waals surface area (Å²) in [6.07, 6.45) is 6.96. The number of nitrogens with zero attached hydrogens (tertiary/aromatic N) is 4. The maximum Gasteiger partial charge on any atom is 0.250 e. The molecule has 1 saturated heterocycles. The molecule has 2 fully saturated rings. The highest BCUT2D eigenvalue weighted by Crippen LogP contribution is 2.27. The number of hydrogen-bond acceptors (Lipinski definition) is 4. The minimum atomic E-state index is 0.0384. The Kier molecular flexibility index (Phi) is 6.39. The number of fused-ring (bicyclic) bond motifs is 1. The molecule has 5 rings (SSSR count). The van der Waals surface area contributed by atoms with Crippen molar-refractivity contribution >= 4 is 5.91 Å². The minimum Gasteiger partial charge on any atom is -0.339 e. The fourth-order valence-corrected chi connectivity index (χ4v) is 5.38. The molecule has 0 bridgehead atoms. The molecule has 3 heterocycles. The van der Waals surface area contributed by atoms with E-state index in [2.05, 4.69) is 32.9 Å². The molecule has 6 heteroatoms. The second-order valence-electron chi connectivity index (χ2n) is 10.2. The highest BCUT2D eigenvalue weighted by Gasteiger charge is 2.30. The summed E-state index contributed by atoms with van der Waals surface area (Å²) in [5, 5.41) is 0. The molecule has 2 aliphatic heterocycles. The first-order valence-electron chi connectivity index (χ1n) is 12.6. The molecule has 0 atom stereocenters. The normalized spacial score (nSPS) is 20.0. The van der Waals surface area contributed by atoms with E-state index >= 15 is 0 Å².